The molecule has 0 aliphatic carbocycles. The number of rotatable bonds is 4. The number of carbonyl (C=O) groups is 2. The van der Waals surface area contributed by atoms with Crippen LogP contribution < -0.4 is 4.90 Å². The lowest BCUT2D eigenvalue weighted by molar-refractivity contribution is -0.135. The van der Waals surface area contributed by atoms with E-state index in [0.717, 1.165) is 31.7 Å². The van der Waals surface area contributed by atoms with E-state index in [9.17, 15) is 9.59 Å². The molecule has 0 N–H and O–H groups in total. The zero-order valence-electron chi connectivity index (χ0n) is 16.6. The van der Waals surface area contributed by atoms with Crippen molar-refractivity contribution in [2.24, 2.45) is 5.92 Å². The summed E-state index contributed by atoms with van der Waals surface area (Å²) in [7, 11) is 1.79. The number of aromatic nitrogens is 1. The summed E-state index contributed by atoms with van der Waals surface area (Å²) >= 11 is 1.60. The fraction of sp³-hybridized carbons (Fsp3) is 0.208. The molecule has 0 saturated carbocycles. The van der Waals surface area contributed by atoms with Gasteiger partial charge in [-0.15, -0.1) is 11.3 Å². The molecule has 5 nitrogen and oxygen atoms in total. The summed E-state index contributed by atoms with van der Waals surface area (Å²) in [6.45, 7) is 0.868. The summed E-state index contributed by atoms with van der Waals surface area (Å²) in [5.41, 5.74) is 1.83. The predicted octanol–water partition coefficient (Wildman–Crippen LogP) is 4.46. The zero-order chi connectivity index (χ0) is 20.7. The SMILES string of the molecule is CN(Cc1nc2ccccc2s1)C(=O)[C@H]1CC(=O)N(c2cccc3ccccc23)C1. The van der Waals surface area contributed by atoms with Crippen LogP contribution in [-0.2, 0) is 16.1 Å². The summed E-state index contributed by atoms with van der Waals surface area (Å²) in [5.74, 6) is -0.348. The smallest absolute Gasteiger partial charge is 0.228 e. The molecule has 1 atom stereocenters. The molecular weight excluding hydrogens is 394 g/mol. The summed E-state index contributed by atoms with van der Waals surface area (Å²) in [6.07, 6.45) is 0.242. The second-order valence-corrected chi connectivity index (χ2v) is 8.79. The van der Waals surface area contributed by atoms with E-state index in [1.807, 2.05) is 66.7 Å². The summed E-state index contributed by atoms with van der Waals surface area (Å²) in [4.78, 5) is 33.9. The van der Waals surface area contributed by atoms with Gasteiger partial charge in [0.2, 0.25) is 11.8 Å². The highest BCUT2D eigenvalue weighted by atomic mass is 32.1. The molecule has 4 aromatic rings. The second kappa shape index (κ2) is 7.54. The molecular formula is C24H21N3O2S. The van der Waals surface area contributed by atoms with Gasteiger partial charge in [-0.25, -0.2) is 4.98 Å². The van der Waals surface area contributed by atoms with Crippen LogP contribution in [0, 0.1) is 5.92 Å². The number of anilines is 1. The van der Waals surface area contributed by atoms with E-state index in [1.54, 1.807) is 28.2 Å². The van der Waals surface area contributed by atoms with Gasteiger partial charge < -0.3 is 9.80 Å². The lowest BCUT2D eigenvalue weighted by Gasteiger charge is -2.21. The Morgan fingerprint density at radius 1 is 1.10 bits per heavy atom. The minimum absolute atomic E-state index is 0.00177. The van der Waals surface area contributed by atoms with Crippen molar-refractivity contribution >= 4 is 49.8 Å². The number of hydrogen-bond acceptors (Lipinski definition) is 4. The zero-order valence-corrected chi connectivity index (χ0v) is 17.4. The van der Waals surface area contributed by atoms with Crippen molar-refractivity contribution in [1.29, 1.82) is 0 Å². The number of carbonyl (C=O) groups excluding carboxylic acids is 2. The van der Waals surface area contributed by atoms with Crippen LogP contribution in [-0.4, -0.2) is 35.3 Å². The number of benzene rings is 3. The summed E-state index contributed by atoms with van der Waals surface area (Å²) in [5, 5.41) is 3.03. The number of amides is 2. The molecule has 1 fully saturated rings. The standard InChI is InChI=1S/C24H21N3O2S/c1-26(15-22-25-19-10-4-5-12-21(19)30-22)24(29)17-13-23(28)27(14-17)20-11-6-8-16-7-2-3-9-18(16)20/h2-12,17H,13-15H2,1H3/t17-/m0/s1. The normalized spacial score (nSPS) is 16.5. The van der Waals surface area contributed by atoms with E-state index >= 15 is 0 Å². The third-order valence-electron chi connectivity index (χ3n) is 5.62. The summed E-state index contributed by atoms with van der Waals surface area (Å²) in [6, 6.07) is 21.9. The van der Waals surface area contributed by atoms with Gasteiger partial charge in [0.15, 0.2) is 0 Å². The molecule has 0 bridgehead atoms. The average molecular weight is 416 g/mol. The first-order chi connectivity index (χ1) is 14.6. The number of nitrogens with zero attached hydrogens (tertiary/aromatic N) is 3. The maximum atomic E-state index is 13.1. The number of hydrogen-bond donors (Lipinski definition) is 0. The lowest BCUT2D eigenvalue weighted by atomic mass is 10.1. The van der Waals surface area contributed by atoms with Crippen LogP contribution in [0.5, 0.6) is 0 Å². The maximum absolute atomic E-state index is 13.1. The van der Waals surface area contributed by atoms with Crippen LogP contribution in [0.3, 0.4) is 0 Å². The molecule has 150 valence electrons. The van der Waals surface area contributed by atoms with Crippen LogP contribution in [0.1, 0.15) is 11.4 Å². The Kier molecular flexibility index (Phi) is 4.71. The first-order valence-electron chi connectivity index (χ1n) is 9.98. The maximum Gasteiger partial charge on any atom is 0.228 e. The van der Waals surface area contributed by atoms with Gasteiger partial charge in [0, 0.05) is 25.4 Å². The third kappa shape index (κ3) is 3.33. The molecule has 2 amide bonds. The van der Waals surface area contributed by atoms with Crippen molar-refractivity contribution in [3.63, 3.8) is 0 Å². The van der Waals surface area contributed by atoms with Gasteiger partial charge in [0.25, 0.3) is 0 Å². The van der Waals surface area contributed by atoms with Crippen molar-refractivity contribution in [2.75, 3.05) is 18.5 Å². The van der Waals surface area contributed by atoms with E-state index in [1.165, 1.54) is 0 Å². The molecule has 1 saturated heterocycles. The Labute approximate surface area is 178 Å². The van der Waals surface area contributed by atoms with E-state index in [2.05, 4.69) is 4.98 Å². The molecule has 6 heteroatoms. The minimum atomic E-state index is -0.337. The first kappa shape index (κ1) is 18.8. The largest absolute Gasteiger partial charge is 0.339 e. The molecule has 1 aromatic heterocycles. The van der Waals surface area contributed by atoms with Crippen molar-refractivity contribution in [3.8, 4) is 0 Å². The van der Waals surface area contributed by atoms with E-state index in [4.69, 9.17) is 0 Å². The Hall–Kier alpha value is -3.25. The van der Waals surface area contributed by atoms with Crippen molar-refractivity contribution < 1.29 is 9.59 Å². The van der Waals surface area contributed by atoms with Gasteiger partial charge in [-0.1, -0.05) is 48.5 Å². The Balaban J connectivity index is 1.33. The lowest BCUT2D eigenvalue weighted by Crippen LogP contribution is -2.34. The quantitative estimate of drug-likeness (QED) is 0.494. The topological polar surface area (TPSA) is 53.5 Å². The highest BCUT2D eigenvalue weighted by Crippen LogP contribution is 2.32. The first-order valence-corrected chi connectivity index (χ1v) is 10.8. The monoisotopic (exact) mass is 415 g/mol. The molecule has 0 radical (unpaired) electrons. The van der Waals surface area contributed by atoms with Gasteiger partial charge in [-0.2, -0.15) is 0 Å². The molecule has 2 heterocycles. The van der Waals surface area contributed by atoms with E-state index < -0.39 is 0 Å². The van der Waals surface area contributed by atoms with Crippen LogP contribution in [0.2, 0.25) is 0 Å². The molecule has 1 aliphatic rings. The fourth-order valence-corrected chi connectivity index (χ4v) is 5.15. The average Bonchev–Trinajstić information content (AvgIpc) is 3.35. The van der Waals surface area contributed by atoms with Crippen LogP contribution >= 0.6 is 11.3 Å². The van der Waals surface area contributed by atoms with Gasteiger partial charge in [-0.3, -0.25) is 9.59 Å². The predicted molar refractivity (Wildman–Crippen MR) is 121 cm³/mol. The Morgan fingerprint density at radius 2 is 1.87 bits per heavy atom. The molecule has 0 spiro atoms. The van der Waals surface area contributed by atoms with Crippen molar-refractivity contribution in [3.05, 3.63) is 71.7 Å². The molecule has 5 rings (SSSR count). The van der Waals surface area contributed by atoms with Gasteiger partial charge in [0.1, 0.15) is 5.01 Å². The van der Waals surface area contributed by atoms with Crippen LogP contribution in [0.25, 0.3) is 21.0 Å². The molecule has 0 unspecified atom stereocenters. The van der Waals surface area contributed by atoms with Gasteiger partial charge >= 0.3 is 0 Å². The molecule has 30 heavy (non-hydrogen) atoms. The van der Waals surface area contributed by atoms with Gasteiger partial charge in [-0.05, 0) is 23.6 Å². The van der Waals surface area contributed by atoms with E-state index in [-0.39, 0.29) is 24.2 Å². The second-order valence-electron chi connectivity index (χ2n) is 7.67. The third-order valence-corrected chi connectivity index (χ3v) is 6.64. The van der Waals surface area contributed by atoms with Crippen molar-refractivity contribution in [1.82, 2.24) is 9.88 Å². The number of fused-ring (bicyclic) bond motifs is 2. The highest BCUT2D eigenvalue weighted by molar-refractivity contribution is 7.18. The number of para-hydroxylation sites is 1. The molecule has 3 aromatic carbocycles. The van der Waals surface area contributed by atoms with Crippen molar-refractivity contribution in [2.45, 2.75) is 13.0 Å². The summed E-state index contributed by atoms with van der Waals surface area (Å²) < 4.78 is 1.12. The Bertz CT molecular complexity index is 1230. The van der Waals surface area contributed by atoms with Crippen LogP contribution in [0.15, 0.2) is 66.7 Å². The Morgan fingerprint density at radius 3 is 2.73 bits per heavy atom. The van der Waals surface area contributed by atoms with Gasteiger partial charge in [0.05, 0.1) is 28.4 Å². The van der Waals surface area contributed by atoms with Crippen LogP contribution in [0.4, 0.5) is 5.69 Å². The fourth-order valence-electron chi connectivity index (χ4n) is 4.13. The van der Waals surface area contributed by atoms with E-state index in [0.29, 0.717) is 13.1 Å². The number of thiazole rings is 1. The molecule has 1 aliphatic heterocycles. The highest BCUT2D eigenvalue weighted by Gasteiger charge is 2.37. The minimum Gasteiger partial charge on any atom is -0.339 e.